The molecule has 0 aromatic heterocycles. The maximum absolute atomic E-state index is 12.2. The van der Waals surface area contributed by atoms with Gasteiger partial charge >= 0.3 is 0 Å². The van der Waals surface area contributed by atoms with Crippen molar-refractivity contribution in [3.63, 3.8) is 0 Å². The fraction of sp³-hybridized carbons (Fsp3) is 0.0625. The first-order chi connectivity index (χ1) is 11.0. The van der Waals surface area contributed by atoms with E-state index in [2.05, 4.69) is 15.9 Å². The highest BCUT2D eigenvalue weighted by Crippen LogP contribution is 2.32. The number of fused-ring (bicyclic) bond motifs is 1. The Morgan fingerprint density at radius 1 is 1.13 bits per heavy atom. The predicted octanol–water partition coefficient (Wildman–Crippen LogP) is 2.30. The van der Waals surface area contributed by atoms with Crippen molar-refractivity contribution in [2.45, 2.75) is 6.54 Å². The third-order valence-corrected chi connectivity index (χ3v) is 4.09. The third kappa shape index (κ3) is 2.76. The van der Waals surface area contributed by atoms with Crippen LogP contribution < -0.4 is 10.4 Å². The van der Waals surface area contributed by atoms with Gasteiger partial charge in [0.1, 0.15) is 0 Å². The summed E-state index contributed by atoms with van der Waals surface area (Å²) in [6.45, 7) is 0.222. The highest BCUT2D eigenvalue weighted by molar-refractivity contribution is 9.10. The van der Waals surface area contributed by atoms with Gasteiger partial charge in [0, 0.05) is 10.0 Å². The van der Waals surface area contributed by atoms with Crippen molar-refractivity contribution in [3.8, 4) is 0 Å². The average Bonchev–Trinajstić information content (AvgIpc) is 2.79. The molecule has 2 aromatic rings. The molecule has 2 aromatic carbocycles. The lowest BCUT2D eigenvalue weighted by Gasteiger charge is -2.16. The second-order valence-corrected chi connectivity index (χ2v) is 5.94. The van der Waals surface area contributed by atoms with Gasteiger partial charge in [-0.05, 0) is 35.9 Å². The van der Waals surface area contributed by atoms with Crippen LogP contribution in [0, 0.1) is 0 Å². The summed E-state index contributed by atoms with van der Waals surface area (Å²) in [5.74, 6) is -1.72. The molecule has 116 valence electrons. The summed E-state index contributed by atoms with van der Waals surface area (Å²) in [6.07, 6.45) is 0. The van der Waals surface area contributed by atoms with Crippen molar-refractivity contribution >= 4 is 39.2 Å². The summed E-state index contributed by atoms with van der Waals surface area (Å²) < 4.78 is 0.735. The molecular formula is C16H11BrN2O4. The van der Waals surface area contributed by atoms with E-state index < -0.39 is 17.6 Å². The Labute approximate surface area is 139 Å². The number of hydrogen-bond acceptors (Lipinski definition) is 4. The Morgan fingerprint density at radius 2 is 1.83 bits per heavy atom. The normalized spacial score (nSPS) is 13.2. The van der Waals surface area contributed by atoms with Gasteiger partial charge in [0.05, 0.1) is 17.8 Å². The number of Topliss-reactive ketones (excluding diaryl/α,β-unsaturated/α-hetero) is 1. The van der Waals surface area contributed by atoms with Crippen molar-refractivity contribution in [2.24, 2.45) is 0 Å². The number of hydroxylamine groups is 1. The number of anilines is 1. The van der Waals surface area contributed by atoms with Crippen LogP contribution in [0.5, 0.6) is 0 Å². The molecule has 0 saturated heterocycles. The first-order valence-corrected chi connectivity index (χ1v) is 7.49. The number of carbonyl (C=O) groups excluding carboxylic acids is 3. The standard InChI is InChI=1S/C16H11BrN2O4/c17-11-5-6-13-12(7-11)14(20)16(22)19(13)8-9-1-3-10(4-2-9)15(21)18-23/h1-7,23H,8H2,(H,18,21). The Hall–Kier alpha value is -2.51. The van der Waals surface area contributed by atoms with E-state index in [0.717, 1.165) is 10.0 Å². The topological polar surface area (TPSA) is 86.7 Å². The lowest BCUT2D eigenvalue weighted by Crippen LogP contribution is -2.29. The first-order valence-electron chi connectivity index (χ1n) is 6.70. The van der Waals surface area contributed by atoms with Crippen LogP contribution in [-0.2, 0) is 11.3 Å². The molecule has 3 rings (SSSR count). The van der Waals surface area contributed by atoms with Crippen LogP contribution in [0.2, 0.25) is 0 Å². The Bertz CT molecular complexity index is 817. The van der Waals surface area contributed by atoms with Crippen molar-refractivity contribution < 1.29 is 19.6 Å². The highest BCUT2D eigenvalue weighted by atomic mass is 79.9. The minimum Gasteiger partial charge on any atom is -0.300 e. The molecule has 0 aliphatic carbocycles. The summed E-state index contributed by atoms with van der Waals surface area (Å²) in [6, 6.07) is 11.5. The van der Waals surface area contributed by atoms with Crippen molar-refractivity contribution in [1.82, 2.24) is 5.48 Å². The zero-order valence-electron chi connectivity index (χ0n) is 11.7. The molecule has 0 fully saturated rings. The molecule has 0 saturated carbocycles. The average molecular weight is 375 g/mol. The molecular weight excluding hydrogens is 364 g/mol. The van der Waals surface area contributed by atoms with Crippen LogP contribution >= 0.6 is 15.9 Å². The second-order valence-electron chi connectivity index (χ2n) is 5.02. The smallest absolute Gasteiger partial charge is 0.299 e. The van der Waals surface area contributed by atoms with Gasteiger partial charge in [0.2, 0.25) is 0 Å². The molecule has 0 spiro atoms. The zero-order valence-corrected chi connectivity index (χ0v) is 13.3. The number of ketones is 1. The SMILES string of the molecule is O=C(NO)c1ccc(CN2C(=O)C(=O)c3cc(Br)ccc32)cc1. The molecule has 2 N–H and O–H groups in total. The van der Waals surface area contributed by atoms with Crippen LogP contribution in [0.1, 0.15) is 26.3 Å². The Kier molecular flexibility index (Phi) is 3.97. The number of carbonyl (C=O) groups is 3. The maximum atomic E-state index is 12.2. The lowest BCUT2D eigenvalue weighted by molar-refractivity contribution is -0.114. The first kappa shape index (κ1) is 15.4. The summed E-state index contributed by atoms with van der Waals surface area (Å²) >= 11 is 3.29. The number of nitrogens with one attached hydrogen (secondary N) is 1. The molecule has 0 atom stereocenters. The van der Waals surface area contributed by atoms with Crippen molar-refractivity contribution in [2.75, 3.05) is 4.90 Å². The number of rotatable bonds is 3. The molecule has 7 heteroatoms. The van der Waals surface area contributed by atoms with E-state index >= 15 is 0 Å². The molecule has 0 unspecified atom stereocenters. The quantitative estimate of drug-likeness (QED) is 0.490. The van der Waals surface area contributed by atoms with Gasteiger partial charge in [-0.1, -0.05) is 28.1 Å². The predicted molar refractivity (Wildman–Crippen MR) is 85.4 cm³/mol. The van der Waals surface area contributed by atoms with Gasteiger partial charge in [-0.15, -0.1) is 0 Å². The molecule has 2 amide bonds. The largest absolute Gasteiger partial charge is 0.300 e. The van der Waals surface area contributed by atoms with E-state index in [4.69, 9.17) is 5.21 Å². The fourth-order valence-corrected chi connectivity index (χ4v) is 2.80. The third-order valence-electron chi connectivity index (χ3n) is 3.59. The van der Waals surface area contributed by atoms with Gasteiger partial charge in [-0.2, -0.15) is 0 Å². The van der Waals surface area contributed by atoms with E-state index in [0.29, 0.717) is 16.8 Å². The van der Waals surface area contributed by atoms with Crippen LogP contribution in [0.25, 0.3) is 0 Å². The van der Waals surface area contributed by atoms with E-state index in [1.807, 2.05) is 0 Å². The van der Waals surface area contributed by atoms with Gasteiger partial charge in [-0.25, -0.2) is 5.48 Å². The van der Waals surface area contributed by atoms with Crippen LogP contribution in [0.3, 0.4) is 0 Å². The minimum absolute atomic E-state index is 0.222. The molecule has 23 heavy (non-hydrogen) atoms. The molecule has 1 heterocycles. The number of benzene rings is 2. The Morgan fingerprint density at radius 3 is 2.48 bits per heavy atom. The van der Waals surface area contributed by atoms with Crippen LogP contribution in [-0.4, -0.2) is 22.8 Å². The number of amides is 2. The lowest BCUT2D eigenvalue weighted by atomic mass is 10.1. The fourth-order valence-electron chi connectivity index (χ4n) is 2.44. The van der Waals surface area contributed by atoms with E-state index in [1.165, 1.54) is 17.0 Å². The number of hydrogen-bond donors (Lipinski definition) is 2. The number of nitrogens with zero attached hydrogens (tertiary/aromatic N) is 1. The van der Waals surface area contributed by atoms with E-state index in [9.17, 15) is 14.4 Å². The molecule has 6 nitrogen and oxygen atoms in total. The summed E-state index contributed by atoms with van der Waals surface area (Å²) in [5, 5.41) is 8.59. The Balaban J connectivity index is 1.88. The second kappa shape index (κ2) is 5.94. The summed E-state index contributed by atoms with van der Waals surface area (Å²) in [7, 11) is 0. The van der Waals surface area contributed by atoms with E-state index in [1.54, 1.807) is 35.8 Å². The van der Waals surface area contributed by atoms with E-state index in [-0.39, 0.29) is 6.54 Å². The zero-order chi connectivity index (χ0) is 16.6. The monoisotopic (exact) mass is 374 g/mol. The summed E-state index contributed by atoms with van der Waals surface area (Å²) in [4.78, 5) is 36.9. The van der Waals surface area contributed by atoms with Crippen LogP contribution in [0.4, 0.5) is 5.69 Å². The van der Waals surface area contributed by atoms with Crippen LogP contribution in [0.15, 0.2) is 46.9 Å². The molecule has 1 aliphatic rings. The van der Waals surface area contributed by atoms with Gasteiger partial charge in [-0.3, -0.25) is 19.6 Å². The highest BCUT2D eigenvalue weighted by Gasteiger charge is 2.35. The van der Waals surface area contributed by atoms with Gasteiger partial charge in [0.25, 0.3) is 17.6 Å². The maximum Gasteiger partial charge on any atom is 0.299 e. The number of halogens is 1. The molecule has 0 bridgehead atoms. The molecule has 1 aliphatic heterocycles. The van der Waals surface area contributed by atoms with Gasteiger partial charge in [0.15, 0.2) is 0 Å². The van der Waals surface area contributed by atoms with Gasteiger partial charge < -0.3 is 4.90 Å². The summed E-state index contributed by atoms with van der Waals surface area (Å²) in [5.41, 5.74) is 3.55. The molecule has 0 radical (unpaired) electrons. The van der Waals surface area contributed by atoms with Crippen molar-refractivity contribution in [1.29, 1.82) is 0 Å². The minimum atomic E-state index is -0.612. The van der Waals surface area contributed by atoms with Crippen molar-refractivity contribution in [3.05, 3.63) is 63.6 Å².